The molecule has 0 spiro atoms. The van der Waals surface area contributed by atoms with Crippen LogP contribution in [0, 0.1) is 0 Å². The number of anilines is 1. The first-order valence-corrected chi connectivity index (χ1v) is 12.0. The first-order valence-electron chi connectivity index (χ1n) is 8.99. The van der Waals surface area contributed by atoms with Crippen LogP contribution in [0.5, 0.6) is 5.75 Å². The largest absolute Gasteiger partial charge is 0.497 e. The molecule has 0 aliphatic carbocycles. The van der Waals surface area contributed by atoms with E-state index in [0.29, 0.717) is 17.2 Å². The molecule has 1 amide bonds. The Morgan fingerprint density at radius 1 is 1.16 bits per heavy atom. The number of ether oxygens (including phenoxy) is 1. The number of halogens is 2. The zero-order chi connectivity index (χ0) is 22.6. The van der Waals surface area contributed by atoms with Gasteiger partial charge >= 0.3 is 0 Å². The van der Waals surface area contributed by atoms with Crippen molar-refractivity contribution in [3.05, 3.63) is 63.6 Å². The van der Waals surface area contributed by atoms with E-state index in [9.17, 15) is 13.2 Å². The molecule has 0 aliphatic rings. The molecule has 8 nitrogen and oxygen atoms in total. The molecule has 3 rings (SSSR count). The smallest absolute Gasteiger partial charge is 0.270 e. The maximum absolute atomic E-state index is 12.8. The van der Waals surface area contributed by atoms with Gasteiger partial charge in [-0.05, 0) is 42.3 Å². The fraction of sp³-hybridized carbons (Fsp3) is 0.211. The highest BCUT2D eigenvalue weighted by Crippen LogP contribution is 2.26. The Kier molecular flexibility index (Phi) is 7.50. The molecule has 1 unspecified atom stereocenters. The van der Waals surface area contributed by atoms with Crippen LogP contribution in [-0.2, 0) is 10.0 Å². The molecule has 0 saturated heterocycles. The minimum atomic E-state index is -3.96. The predicted octanol–water partition coefficient (Wildman–Crippen LogP) is 4.54. The van der Waals surface area contributed by atoms with E-state index >= 15 is 0 Å². The van der Waals surface area contributed by atoms with E-state index in [1.807, 2.05) is 6.92 Å². The Hall–Kier alpha value is -2.24. The summed E-state index contributed by atoms with van der Waals surface area (Å²) in [5, 5.41) is 10.5. The molecule has 0 fully saturated rings. The Bertz CT molecular complexity index is 1180. The Labute approximate surface area is 193 Å². The van der Waals surface area contributed by atoms with E-state index in [1.54, 1.807) is 31.4 Å². The number of hydrogen-bond donors (Lipinski definition) is 2. The van der Waals surface area contributed by atoms with Gasteiger partial charge in [-0.3, -0.25) is 10.1 Å². The molecule has 1 atom stereocenters. The molecular weight excluding hydrogens is 483 g/mol. The van der Waals surface area contributed by atoms with Crippen LogP contribution < -0.4 is 14.8 Å². The molecule has 12 heteroatoms. The minimum Gasteiger partial charge on any atom is -0.497 e. The van der Waals surface area contributed by atoms with Gasteiger partial charge < -0.3 is 4.74 Å². The van der Waals surface area contributed by atoms with E-state index in [0.717, 1.165) is 16.9 Å². The summed E-state index contributed by atoms with van der Waals surface area (Å²) in [4.78, 5) is 12.4. The average Bonchev–Trinajstić information content (AvgIpc) is 3.21. The van der Waals surface area contributed by atoms with Gasteiger partial charge in [-0.2, -0.15) is 0 Å². The topological polar surface area (TPSA) is 110 Å². The SMILES string of the molecule is CCC(NS(=O)(=O)c1nnc(NC(=O)c2ccc(Cl)cc2Cl)s1)c1ccc(OC)cc1. The lowest BCUT2D eigenvalue weighted by Crippen LogP contribution is -2.28. The van der Waals surface area contributed by atoms with Crippen LogP contribution in [0.1, 0.15) is 35.3 Å². The fourth-order valence-corrected chi connectivity index (χ4v) is 5.38. The van der Waals surface area contributed by atoms with Gasteiger partial charge in [-0.1, -0.05) is 53.6 Å². The molecule has 0 aliphatic heterocycles. The Morgan fingerprint density at radius 2 is 1.87 bits per heavy atom. The van der Waals surface area contributed by atoms with Crippen LogP contribution in [0.4, 0.5) is 5.13 Å². The van der Waals surface area contributed by atoms with Gasteiger partial charge in [0.25, 0.3) is 15.9 Å². The third kappa shape index (κ3) is 5.72. The zero-order valence-electron chi connectivity index (χ0n) is 16.4. The molecule has 1 aromatic heterocycles. The van der Waals surface area contributed by atoms with Crippen molar-refractivity contribution in [2.75, 3.05) is 12.4 Å². The lowest BCUT2D eigenvalue weighted by atomic mass is 10.1. The molecule has 0 bridgehead atoms. The first kappa shape index (κ1) is 23.4. The van der Waals surface area contributed by atoms with Crippen LogP contribution >= 0.6 is 34.5 Å². The van der Waals surface area contributed by atoms with Crippen molar-refractivity contribution >= 4 is 55.6 Å². The van der Waals surface area contributed by atoms with Crippen molar-refractivity contribution in [1.82, 2.24) is 14.9 Å². The van der Waals surface area contributed by atoms with Gasteiger partial charge in [0.2, 0.25) is 9.47 Å². The summed E-state index contributed by atoms with van der Waals surface area (Å²) in [6.07, 6.45) is 0.517. The van der Waals surface area contributed by atoms with Crippen LogP contribution in [0.2, 0.25) is 10.0 Å². The van der Waals surface area contributed by atoms with Crippen molar-refractivity contribution in [2.24, 2.45) is 0 Å². The second kappa shape index (κ2) is 9.92. The highest BCUT2D eigenvalue weighted by molar-refractivity contribution is 7.91. The lowest BCUT2D eigenvalue weighted by Gasteiger charge is -2.16. The number of nitrogens with one attached hydrogen (secondary N) is 2. The number of methoxy groups -OCH3 is 1. The summed E-state index contributed by atoms with van der Waals surface area (Å²) in [6.45, 7) is 1.86. The summed E-state index contributed by atoms with van der Waals surface area (Å²) >= 11 is 12.6. The molecular formula is C19H18Cl2N4O4S2. The summed E-state index contributed by atoms with van der Waals surface area (Å²) in [5.74, 6) is 0.117. The van der Waals surface area contributed by atoms with Gasteiger partial charge in [-0.15, -0.1) is 10.2 Å². The number of amides is 1. The fourth-order valence-electron chi connectivity index (χ4n) is 2.67. The average molecular weight is 501 g/mol. The number of nitrogens with zero attached hydrogens (tertiary/aromatic N) is 2. The second-order valence-corrected chi connectivity index (χ2v) is 10.0. The second-order valence-electron chi connectivity index (χ2n) is 6.31. The van der Waals surface area contributed by atoms with E-state index in [1.165, 1.54) is 18.2 Å². The van der Waals surface area contributed by atoms with Crippen molar-refractivity contribution in [2.45, 2.75) is 23.7 Å². The lowest BCUT2D eigenvalue weighted by molar-refractivity contribution is 0.102. The Balaban J connectivity index is 1.74. The van der Waals surface area contributed by atoms with Gasteiger partial charge in [-0.25, -0.2) is 13.1 Å². The molecule has 3 aromatic rings. The molecule has 31 heavy (non-hydrogen) atoms. The number of sulfonamides is 1. The number of carbonyl (C=O) groups is 1. The molecule has 1 heterocycles. The number of rotatable bonds is 8. The Morgan fingerprint density at radius 3 is 2.48 bits per heavy atom. The van der Waals surface area contributed by atoms with E-state index in [4.69, 9.17) is 27.9 Å². The normalized spacial score (nSPS) is 12.4. The number of benzene rings is 2. The zero-order valence-corrected chi connectivity index (χ0v) is 19.6. The molecule has 0 radical (unpaired) electrons. The quantitative estimate of drug-likeness (QED) is 0.439. The highest BCUT2D eigenvalue weighted by Gasteiger charge is 2.25. The summed E-state index contributed by atoms with van der Waals surface area (Å²) in [5.41, 5.74) is 0.955. The summed E-state index contributed by atoms with van der Waals surface area (Å²) < 4.78 is 33.0. The molecule has 0 saturated carbocycles. The van der Waals surface area contributed by atoms with Crippen LogP contribution in [0.25, 0.3) is 0 Å². The molecule has 2 aromatic carbocycles. The van der Waals surface area contributed by atoms with E-state index in [-0.39, 0.29) is 20.1 Å². The van der Waals surface area contributed by atoms with Crippen molar-refractivity contribution in [3.63, 3.8) is 0 Å². The first-order chi connectivity index (χ1) is 14.7. The van der Waals surface area contributed by atoms with Gasteiger partial charge in [0.1, 0.15) is 5.75 Å². The highest BCUT2D eigenvalue weighted by atomic mass is 35.5. The van der Waals surface area contributed by atoms with Crippen molar-refractivity contribution in [3.8, 4) is 5.75 Å². The van der Waals surface area contributed by atoms with Gasteiger partial charge in [0.05, 0.1) is 17.7 Å². The van der Waals surface area contributed by atoms with Crippen LogP contribution in [-0.4, -0.2) is 31.6 Å². The number of carbonyl (C=O) groups excluding carboxylic acids is 1. The van der Waals surface area contributed by atoms with Gasteiger partial charge in [0.15, 0.2) is 0 Å². The van der Waals surface area contributed by atoms with Crippen molar-refractivity contribution < 1.29 is 17.9 Å². The third-order valence-corrected chi connectivity index (χ3v) is 7.48. The standard InChI is InChI=1S/C19H18Cl2N4O4S2/c1-3-16(11-4-7-13(29-2)8-5-11)25-31(27,28)19-24-23-18(30-19)22-17(26)14-9-6-12(20)10-15(14)21/h4-10,16,25H,3H2,1-2H3,(H,22,23,26). The summed E-state index contributed by atoms with van der Waals surface area (Å²) in [6, 6.07) is 11.0. The van der Waals surface area contributed by atoms with Crippen LogP contribution in [0.15, 0.2) is 46.8 Å². The van der Waals surface area contributed by atoms with E-state index < -0.39 is 22.0 Å². The van der Waals surface area contributed by atoms with Crippen LogP contribution in [0.3, 0.4) is 0 Å². The maximum Gasteiger partial charge on any atom is 0.270 e. The summed E-state index contributed by atoms with van der Waals surface area (Å²) in [7, 11) is -2.40. The van der Waals surface area contributed by atoms with E-state index in [2.05, 4.69) is 20.2 Å². The maximum atomic E-state index is 12.8. The molecule has 2 N–H and O–H groups in total. The number of hydrogen-bond acceptors (Lipinski definition) is 7. The minimum absolute atomic E-state index is 0.0221. The van der Waals surface area contributed by atoms with Crippen molar-refractivity contribution in [1.29, 1.82) is 0 Å². The third-order valence-electron chi connectivity index (χ3n) is 4.26. The number of aromatic nitrogens is 2. The monoisotopic (exact) mass is 500 g/mol. The van der Waals surface area contributed by atoms with Gasteiger partial charge in [0, 0.05) is 11.1 Å². The predicted molar refractivity (Wildman–Crippen MR) is 121 cm³/mol. The molecule has 164 valence electrons.